The molecule has 0 spiro atoms. The van der Waals surface area contributed by atoms with Crippen molar-refractivity contribution in [1.82, 2.24) is 14.9 Å². The van der Waals surface area contributed by atoms with E-state index in [1.54, 1.807) is 6.92 Å². The fraction of sp³-hybridized carbons (Fsp3) is 0.458. The quantitative estimate of drug-likeness (QED) is 0.625. The first-order chi connectivity index (χ1) is 13.7. The first kappa shape index (κ1) is 19.8. The van der Waals surface area contributed by atoms with Crippen LogP contribution in [0.25, 0.3) is 22.2 Å². The predicted octanol–water partition coefficient (Wildman–Crippen LogP) is 4.17. The number of nitrogens with zero attached hydrogens (tertiary/aromatic N) is 1. The van der Waals surface area contributed by atoms with E-state index >= 15 is 0 Å². The summed E-state index contributed by atoms with van der Waals surface area (Å²) in [6.07, 6.45) is 2.66. The molecule has 0 aliphatic heterocycles. The maximum atomic E-state index is 12.3. The molecule has 0 radical (unpaired) electrons. The molecule has 1 aliphatic carbocycles. The molecular weight excluding hydrogens is 362 g/mol. The van der Waals surface area contributed by atoms with Crippen LogP contribution in [0.5, 0.6) is 5.75 Å². The van der Waals surface area contributed by atoms with Crippen LogP contribution < -0.4 is 10.9 Å². The fourth-order valence-corrected chi connectivity index (χ4v) is 4.32. The molecule has 3 aromatic rings. The fourth-order valence-electron chi connectivity index (χ4n) is 4.32. The zero-order valence-electron chi connectivity index (χ0n) is 18.1. The zero-order valence-corrected chi connectivity index (χ0v) is 18.1. The van der Waals surface area contributed by atoms with Gasteiger partial charge in [0.15, 0.2) is 0 Å². The van der Waals surface area contributed by atoms with E-state index in [-0.39, 0.29) is 16.7 Å². The third-order valence-electron chi connectivity index (χ3n) is 5.99. The molecule has 1 aliphatic rings. The number of rotatable bonds is 3. The number of benzene rings is 1. The van der Waals surface area contributed by atoms with Gasteiger partial charge >= 0.3 is 0 Å². The molecule has 4 rings (SSSR count). The number of fused-ring (bicyclic) bond motifs is 4. The number of H-pyrrole nitrogens is 1. The van der Waals surface area contributed by atoms with Crippen molar-refractivity contribution < 1.29 is 5.11 Å². The average Bonchev–Trinajstić information content (AvgIpc) is 2.83. The van der Waals surface area contributed by atoms with Crippen molar-refractivity contribution in [2.45, 2.75) is 53.5 Å². The van der Waals surface area contributed by atoms with E-state index in [1.165, 1.54) is 16.8 Å². The lowest BCUT2D eigenvalue weighted by atomic mass is 9.97. The van der Waals surface area contributed by atoms with Crippen LogP contribution in [0.1, 0.15) is 49.6 Å². The highest BCUT2D eigenvalue weighted by Crippen LogP contribution is 2.38. The Hall–Kier alpha value is -2.53. The van der Waals surface area contributed by atoms with E-state index < -0.39 is 0 Å². The molecule has 5 nitrogen and oxygen atoms in total. The van der Waals surface area contributed by atoms with Gasteiger partial charge in [-0.1, -0.05) is 20.8 Å². The molecule has 0 fully saturated rings. The van der Waals surface area contributed by atoms with Crippen LogP contribution in [0.4, 0.5) is 0 Å². The molecular formula is C24H31N3O2. The number of aromatic hydroxyl groups is 1. The molecule has 0 saturated carbocycles. The summed E-state index contributed by atoms with van der Waals surface area (Å²) in [5.41, 5.74) is 6.80. The third-order valence-corrected chi connectivity index (χ3v) is 5.99. The van der Waals surface area contributed by atoms with E-state index in [2.05, 4.69) is 60.9 Å². The van der Waals surface area contributed by atoms with Gasteiger partial charge in [0.25, 0.3) is 5.56 Å². The highest BCUT2D eigenvalue weighted by molar-refractivity contribution is 5.89. The monoisotopic (exact) mass is 393 g/mol. The molecule has 29 heavy (non-hydrogen) atoms. The molecule has 0 amide bonds. The number of aryl methyl sites for hydroxylation is 2. The minimum absolute atomic E-state index is 0.150. The normalized spacial score (nSPS) is 14.0. The summed E-state index contributed by atoms with van der Waals surface area (Å²) in [5, 5.41) is 15.3. The Morgan fingerprint density at radius 1 is 1.21 bits per heavy atom. The minimum Gasteiger partial charge on any atom is -0.507 e. The van der Waals surface area contributed by atoms with Crippen molar-refractivity contribution in [3.8, 4) is 17.0 Å². The van der Waals surface area contributed by atoms with Crippen LogP contribution >= 0.6 is 0 Å². The van der Waals surface area contributed by atoms with Gasteiger partial charge in [-0.15, -0.1) is 0 Å². The first-order valence-electron chi connectivity index (χ1n) is 10.4. The second-order valence-electron chi connectivity index (χ2n) is 9.56. The van der Waals surface area contributed by atoms with Crippen molar-refractivity contribution in [2.24, 2.45) is 12.5 Å². The van der Waals surface area contributed by atoms with Crippen LogP contribution in [-0.4, -0.2) is 21.2 Å². The molecule has 2 heterocycles. The van der Waals surface area contributed by atoms with Crippen molar-refractivity contribution in [3.63, 3.8) is 0 Å². The summed E-state index contributed by atoms with van der Waals surface area (Å²) >= 11 is 0. The topological polar surface area (TPSA) is 70.0 Å². The lowest BCUT2D eigenvalue weighted by molar-refractivity contribution is 0.377. The van der Waals surface area contributed by atoms with E-state index in [1.807, 2.05) is 0 Å². The van der Waals surface area contributed by atoms with Crippen LogP contribution in [0, 0.1) is 12.3 Å². The highest BCUT2D eigenvalue weighted by Gasteiger charge is 2.22. The van der Waals surface area contributed by atoms with Gasteiger partial charge < -0.3 is 20.0 Å². The summed E-state index contributed by atoms with van der Waals surface area (Å²) in [6, 6.07) is 6.65. The van der Waals surface area contributed by atoms with Gasteiger partial charge in [0.1, 0.15) is 5.75 Å². The van der Waals surface area contributed by atoms with Crippen LogP contribution in [0.3, 0.4) is 0 Å². The minimum atomic E-state index is -0.214. The maximum Gasteiger partial charge on any atom is 0.255 e. The molecule has 0 bridgehead atoms. The third kappa shape index (κ3) is 3.60. The predicted molar refractivity (Wildman–Crippen MR) is 119 cm³/mol. The lowest BCUT2D eigenvalue weighted by Crippen LogP contribution is -2.27. The first-order valence-corrected chi connectivity index (χ1v) is 10.4. The molecule has 5 heteroatoms. The van der Waals surface area contributed by atoms with Crippen molar-refractivity contribution in [2.75, 3.05) is 6.54 Å². The number of hydrogen-bond donors (Lipinski definition) is 3. The van der Waals surface area contributed by atoms with Crippen LogP contribution in [-0.2, 0) is 26.4 Å². The average molecular weight is 394 g/mol. The summed E-state index contributed by atoms with van der Waals surface area (Å²) in [5.74, 6) is 0.150. The summed E-state index contributed by atoms with van der Waals surface area (Å²) in [6.45, 7) is 10.1. The van der Waals surface area contributed by atoms with Gasteiger partial charge in [0, 0.05) is 47.9 Å². The Morgan fingerprint density at radius 3 is 2.69 bits per heavy atom. The van der Waals surface area contributed by atoms with Gasteiger partial charge in [-0.25, -0.2) is 0 Å². The number of hydrogen-bond acceptors (Lipinski definition) is 3. The Labute approximate surface area is 171 Å². The van der Waals surface area contributed by atoms with Gasteiger partial charge in [-0.05, 0) is 55.4 Å². The number of aromatic nitrogens is 2. The molecule has 0 atom stereocenters. The number of aromatic amines is 1. The van der Waals surface area contributed by atoms with Crippen molar-refractivity contribution in [1.29, 1.82) is 0 Å². The number of pyridine rings is 1. The Bertz CT molecular complexity index is 1150. The van der Waals surface area contributed by atoms with Crippen molar-refractivity contribution >= 4 is 10.9 Å². The number of nitrogens with one attached hydrogen (secondary N) is 2. The van der Waals surface area contributed by atoms with Gasteiger partial charge in [0.05, 0.1) is 11.3 Å². The second kappa shape index (κ2) is 7.06. The van der Waals surface area contributed by atoms with E-state index in [0.717, 1.165) is 54.6 Å². The summed E-state index contributed by atoms with van der Waals surface area (Å²) in [4.78, 5) is 15.4. The smallest absolute Gasteiger partial charge is 0.255 e. The van der Waals surface area contributed by atoms with E-state index in [4.69, 9.17) is 0 Å². The SMILES string of the molecule is Cc1c(O)c2c([nH]c1=O)-c1cc3cc(CNCC(C)(C)C)n(C)c3cc1CCC2. The summed E-state index contributed by atoms with van der Waals surface area (Å²) < 4.78 is 2.26. The maximum absolute atomic E-state index is 12.3. The molecule has 1 aromatic carbocycles. The molecule has 2 aromatic heterocycles. The van der Waals surface area contributed by atoms with Crippen LogP contribution in [0.2, 0.25) is 0 Å². The van der Waals surface area contributed by atoms with E-state index in [0.29, 0.717) is 5.56 Å². The Balaban J connectivity index is 1.80. The lowest BCUT2D eigenvalue weighted by Gasteiger charge is -2.18. The zero-order chi connectivity index (χ0) is 20.9. The van der Waals surface area contributed by atoms with Gasteiger partial charge in [-0.3, -0.25) is 4.79 Å². The van der Waals surface area contributed by atoms with Crippen LogP contribution in [0.15, 0.2) is 23.0 Å². The standard InChI is InChI=1S/C24H31N3O2/c1-14-22(28)18-8-6-7-15-11-20-16(10-19(15)21(18)26-23(14)29)9-17(27(20)5)12-25-13-24(2,3)4/h9-11,25H,6-8,12-13H2,1-5H3,(H2,26,28,29). The van der Waals surface area contributed by atoms with E-state index in [9.17, 15) is 9.90 Å². The second-order valence-corrected chi connectivity index (χ2v) is 9.56. The molecule has 154 valence electrons. The Morgan fingerprint density at radius 2 is 1.97 bits per heavy atom. The highest BCUT2D eigenvalue weighted by atomic mass is 16.3. The molecule has 0 saturated heterocycles. The molecule has 3 N–H and O–H groups in total. The Kier molecular flexibility index (Phi) is 4.82. The van der Waals surface area contributed by atoms with Gasteiger partial charge in [0.2, 0.25) is 0 Å². The summed E-state index contributed by atoms with van der Waals surface area (Å²) in [7, 11) is 2.12. The molecule has 0 unspecified atom stereocenters. The van der Waals surface area contributed by atoms with Gasteiger partial charge in [-0.2, -0.15) is 0 Å². The van der Waals surface area contributed by atoms with Crippen molar-refractivity contribution in [3.05, 3.63) is 50.9 Å². The largest absolute Gasteiger partial charge is 0.507 e.